The fourth-order valence-electron chi connectivity index (χ4n) is 2.00. The highest BCUT2D eigenvalue weighted by molar-refractivity contribution is 6.30. The molecule has 6 heteroatoms. The summed E-state index contributed by atoms with van der Waals surface area (Å²) in [6.07, 6.45) is 0. The monoisotopic (exact) mass is 313 g/mol. The van der Waals surface area contributed by atoms with Crippen LogP contribution in [0.5, 0.6) is 0 Å². The van der Waals surface area contributed by atoms with Crippen molar-refractivity contribution in [3.63, 3.8) is 0 Å². The minimum absolute atomic E-state index is 0.135. The van der Waals surface area contributed by atoms with E-state index in [4.69, 9.17) is 16.3 Å². The maximum atomic E-state index is 11.9. The zero-order valence-corrected chi connectivity index (χ0v) is 12.5. The van der Waals surface area contributed by atoms with Gasteiger partial charge in [-0.1, -0.05) is 23.7 Å². The van der Waals surface area contributed by atoms with Gasteiger partial charge in [-0.3, -0.25) is 0 Å². The van der Waals surface area contributed by atoms with Crippen molar-refractivity contribution < 1.29 is 9.53 Å². The number of carbonyl (C=O) groups is 1. The van der Waals surface area contributed by atoms with Crippen LogP contribution in [0.4, 0.5) is 11.5 Å². The van der Waals surface area contributed by atoms with Crippen LogP contribution in [0.25, 0.3) is 11.0 Å². The lowest BCUT2D eigenvalue weighted by molar-refractivity contribution is 0.0595. The molecular formula is C16H12ClN3O2. The van der Waals surface area contributed by atoms with Gasteiger partial charge < -0.3 is 10.1 Å². The van der Waals surface area contributed by atoms with Gasteiger partial charge in [0.2, 0.25) is 0 Å². The van der Waals surface area contributed by atoms with Gasteiger partial charge in [0.25, 0.3) is 0 Å². The molecule has 0 aliphatic rings. The third kappa shape index (κ3) is 2.84. The first kappa shape index (κ1) is 14.3. The second kappa shape index (κ2) is 5.99. The Morgan fingerprint density at radius 2 is 1.68 bits per heavy atom. The van der Waals surface area contributed by atoms with E-state index in [-0.39, 0.29) is 5.69 Å². The first-order valence-corrected chi connectivity index (χ1v) is 6.93. The molecular weight excluding hydrogens is 302 g/mol. The van der Waals surface area contributed by atoms with Crippen LogP contribution < -0.4 is 5.32 Å². The molecule has 3 aromatic rings. The van der Waals surface area contributed by atoms with Crippen LogP contribution in [-0.4, -0.2) is 23.0 Å². The van der Waals surface area contributed by atoms with Gasteiger partial charge in [0.15, 0.2) is 11.5 Å². The zero-order valence-electron chi connectivity index (χ0n) is 11.7. The third-order valence-corrected chi connectivity index (χ3v) is 3.31. The number of halogens is 1. The van der Waals surface area contributed by atoms with Crippen LogP contribution >= 0.6 is 11.6 Å². The van der Waals surface area contributed by atoms with E-state index >= 15 is 0 Å². The number of rotatable bonds is 3. The normalized spacial score (nSPS) is 10.5. The Labute approximate surface area is 131 Å². The average molecular weight is 314 g/mol. The van der Waals surface area contributed by atoms with Crippen molar-refractivity contribution in [1.82, 2.24) is 9.97 Å². The highest BCUT2D eigenvalue weighted by atomic mass is 35.5. The summed E-state index contributed by atoms with van der Waals surface area (Å²) >= 11 is 5.87. The SMILES string of the molecule is COC(=O)c1nc2ccccc2nc1Nc1ccc(Cl)cc1. The lowest BCUT2D eigenvalue weighted by atomic mass is 10.2. The largest absolute Gasteiger partial charge is 0.464 e. The molecule has 0 atom stereocenters. The number of anilines is 2. The van der Waals surface area contributed by atoms with E-state index in [1.54, 1.807) is 30.3 Å². The van der Waals surface area contributed by atoms with Gasteiger partial charge >= 0.3 is 5.97 Å². The van der Waals surface area contributed by atoms with Gasteiger partial charge in [-0.25, -0.2) is 14.8 Å². The molecule has 3 rings (SSSR count). The molecule has 110 valence electrons. The number of nitrogens with zero attached hydrogens (tertiary/aromatic N) is 2. The number of hydrogen-bond donors (Lipinski definition) is 1. The predicted octanol–water partition coefficient (Wildman–Crippen LogP) is 3.81. The van der Waals surface area contributed by atoms with Crippen LogP contribution in [0.2, 0.25) is 5.02 Å². The van der Waals surface area contributed by atoms with Crippen LogP contribution in [0.3, 0.4) is 0 Å². The Bertz CT molecular complexity index is 834. The minimum Gasteiger partial charge on any atom is -0.464 e. The van der Waals surface area contributed by atoms with Crippen LogP contribution in [0, 0.1) is 0 Å². The summed E-state index contributed by atoms with van der Waals surface area (Å²) < 4.78 is 4.78. The van der Waals surface area contributed by atoms with Gasteiger partial charge in [0.05, 0.1) is 18.1 Å². The molecule has 1 N–H and O–H groups in total. The summed E-state index contributed by atoms with van der Waals surface area (Å²) in [5.74, 6) is -0.206. The fourth-order valence-corrected chi connectivity index (χ4v) is 2.12. The van der Waals surface area contributed by atoms with E-state index in [0.29, 0.717) is 21.9 Å². The molecule has 1 heterocycles. The molecule has 0 amide bonds. The van der Waals surface area contributed by atoms with E-state index in [2.05, 4.69) is 15.3 Å². The molecule has 0 bridgehead atoms. The molecule has 0 radical (unpaired) electrons. The van der Waals surface area contributed by atoms with Crippen molar-refractivity contribution in [3.8, 4) is 0 Å². The first-order valence-electron chi connectivity index (χ1n) is 6.55. The van der Waals surface area contributed by atoms with E-state index in [1.165, 1.54) is 7.11 Å². The Kier molecular flexibility index (Phi) is 3.89. The number of methoxy groups -OCH3 is 1. The predicted molar refractivity (Wildman–Crippen MR) is 85.6 cm³/mol. The summed E-state index contributed by atoms with van der Waals surface area (Å²) in [5, 5.41) is 3.70. The van der Waals surface area contributed by atoms with Crippen LogP contribution in [-0.2, 0) is 4.74 Å². The van der Waals surface area contributed by atoms with E-state index < -0.39 is 5.97 Å². The van der Waals surface area contributed by atoms with Gasteiger partial charge in [0, 0.05) is 10.7 Å². The molecule has 22 heavy (non-hydrogen) atoms. The number of carbonyl (C=O) groups excluding carboxylic acids is 1. The van der Waals surface area contributed by atoms with E-state index in [9.17, 15) is 4.79 Å². The van der Waals surface area contributed by atoms with Crippen molar-refractivity contribution in [3.05, 3.63) is 59.2 Å². The van der Waals surface area contributed by atoms with E-state index in [1.807, 2.05) is 18.2 Å². The molecule has 0 aliphatic carbocycles. The number of ether oxygens (including phenoxy) is 1. The standard InChI is InChI=1S/C16H12ClN3O2/c1-22-16(21)14-15(18-11-8-6-10(17)7-9-11)20-13-5-3-2-4-12(13)19-14/h2-9H,1H3,(H,18,20). The molecule has 0 fully saturated rings. The topological polar surface area (TPSA) is 64.1 Å². The van der Waals surface area contributed by atoms with Gasteiger partial charge in [0.1, 0.15) is 0 Å². The highest BCUT2D eigenvalue weighted by Gasteiger charge is 2.17. The molecule has 1 aromatic heterocycles. The number of esters is 1. The number of fused-ring (bicyclic) bond motifs is 1. The van der Waals surface area contributed by atoms with Crippen molar-refractivity contribution in [2.24, 2.45) is 0 Å². The Morgan fingerprint density at radius 3 is 2.32 bits per heavy atom. The minimum atomic E-state index is -0.547. The average Bonchev–Trinajstić information content (AvgIpc) is 2.55. The molecule has 0 unspecified atom stereocenters. The third-order valence-electron chi connectivity index (χ3n) is 3.06. The van der Waals surface area contributed by atoms with Gasteiger partial charge in [-0.05, 0) is 36.4 Å². The highest BCUT2D eigenvalue weighted by Crippen LogP contribution is 2.22. The van der Waals surface area contributed by atoms with Crippen molar-refractivity contribution in [1.29, 1.82) is 0 Å². The Morgan fingerprint density at radius 1 is 1.05 bits per heavy atom. The molecule has 0 spiro atoms. The van der Waals surface area contributed by atoms with Gasteiger partial charge in [-0.15, -0.1) is 0 Å². The van der Waals surface area contributed by atoms with Crippen LogP contribution in [0.15, 0.2) is 48.5 Å². The summed E-state index contributed by atoms with van der Waals surface area (Å²) in [5.41, 5.74) is 2.20. The lowest BCUT2D eigenvalue weighted by Gasteiger charge is -2.10. The lowest BCUT2D eigenvalue weighted by Crippen LogP contribution is -2.10. The molecule has 0 aliphatic heterocycles. The molecule has 5 nitrogen and oxygen atoms in total. The van der Waals surface area contributed by atoms with Gasteiger partial charge in [-0.2, -0.15) is 0 Å². The smallest absolute Gasteiger partial charge is 0.360 e. The summed E-state index contributed by atoms with van der Waals surface area (Å²) in [6, 6.07) is 14.4. The first-order chi connectivity index (χ1) is 10.7. The second-order valence-corrected chi connectivity index (χ2v) is 4.97. The number of nitrogens with one attached hydrogen (secondary N) is 1. The number of hydrogen-bond acceptors (Lipinski definition) is 5. The summed E-state index contributed by atoms with van der Waals surface area (Å²) in [7, 11) is 1.31. The fraction of sp³-hybridized carbons (Fsp3) is 0.0625. The van der Waals surface area contributed by atoms with Crippen molar-refractivity contribution in [2.75, 3.05) is 12.4 Å². The van der Waals surface area contributed by atoms with Crippen molar-refractivity contribution >= 4 is 40.1 Å². The number of para-hydroxylation sites is 2. The number of benzene rings is 2. The zero-order chi connectivity index (χ0) is 15.5. The molecule has 2 aromatic carbocycles. The molecule has 0 saturated carbocycles. The van der Waals surface area contributed by atoms with Crippen LogP contribution in [0.1, 0.15) is 10.5 Å². The summed E-state index contributed by atoms with van der Waals surface area (Å²) in [6.45, 7) is 0. The quantitative estimate of drug-likeness (QED) is 0.745. The second-order valence-electron chi connectivity index (χ2n) is 4.53. The number of aromatic nitrogens is 2. The van der Waals surface area contributed by atoms with E-state index in [0.717, 1.165) is 5.69 Å². The summed E-state index contributed by atoms with van der Waals surface area (Å²) in [4.78, 5) is 20.7. The Hall–Kier alpha value is -2.66. The maximum Gasteiger partial charge on any atom is 0.360 e. The van der Waals surface area contributed by atoms with Crippen molar-refractivity contribution in [2.45, 2.75) is 0 Å². The maximum absolute atomic E-state index is 11.9. The Balaban J connectivity index is 2.09. The molecule has 0 saturated heterocycles.